The maximum atomic E-state index is 4.64. The lowest BCUT2D eigenvalue weighted by molar-refractivity contribution is 0.410. The number of nitrogens with one attached hydrogen (secondary N) is 1. The summed E-state index contributed by atoms with van der Waals surface area (Å²) in [5.41, 5.74) is 0.963. The first-order valence-electron chi connectivity index (χ1n) is 4.88. The third-order valence-electron chi connectivity index (χ3n) is 2.08. The van der Waals surface area contributed by atoms with Gasteiger partial charge in [0, 0.05) is 17.4 Å². The fraction of sp³-hybridized carbons (Fsp3) is 0.300. The Bertz CT molecular complexity index is 458. The number of nitrogens with zero attached hydrogens (tertiary/aromatic N) is 3. The van der Waals surface area contributed by atoms with E-state index in [1.165, 1.54) is 6.39 Å². The van der Waals surface area contributed by atoms with E-state index >= 15 is 0 Å². The van der Waals surface area contributed by atoms with Gasteiger partial charge in [-0.15, -0.1) is 0 Å². The van der Waals surface area contributed by atoms with Crippen LogP contribution in [0.1, 0.15) is 11.5 Å². The quantitative estimate of drug-likeness (QED) is 0.931. The molecule has 2 aromatic rings. The van der Waals surface area contributed by atoms with Crippen molar-refractivity contribution in [2.75, 3.05) is 11.9 Å². The van der Waals surface area contributed by atoms with Gasteiger partial charge in [-0.25, -0.2) is 4.98 Å². The van der Waals surface area contributed by atoms with Gasteiger partial charge in [0.2, 0.25) is 6.39 Å². The summed E-state index contributed by atoms with van der Waals surface area (Å²) in [6.07, 6.45) is 2.05. The Hall–Kier alpha value is -1.43. The lowest BCUT2D eigenvalue weighted by Crippen LogP contribution is -2.07. The molecule has 0 aliphatic rings. The molecule has 5 nitrogen and oxygen atoms in total. The second-order valence-corrected chi connectivity index (χ2v) is 4.14. The van der Waals surface area contributed by atoms with E-state index < -0.39 is 0 Å². The largest absolute Gasteiger partial charge is 0.370 e. The first-order chi connectivity index (χ1) is 7.75. The van der Waals surface area contributed by atoms with E-state index in [1.54, 1.807) is 0 Å². The van der Waals surface area contributed by atoms with Crippen LogP contribution in [0.15, 0.2) is 27.5 Å². The molecule has 1 N–H and O–H groups in total. The van der Waals surface area contributed by atoms with E-state index in [0.29, 0.717) is 12.2 Å². The van der Waals surface area contributed by atoms with Gasteiger partial charge in [0.05, 0.1) is 5.69 Å². The van der Waals surface area contributed by atoms with E-state index in [4.69, 9.17) is 0 Å². The smallest absolute Gasteiger partial charge is 0.213 e. The number of aromatic nitrogens is 3. The SMILES string of the molecule is Cc1nc(NCCc2ncon2)ccc1Br. The zero-order valence-corrected chi connectivity index (χ0v) is 10.4. The average Bonchev–Trinajstić information content (AvgIpc) is 2.76. The van der Waals surface area contributed by atoms with Crippen molar-refractivity contribution in [3.05, 3.63) is 34.5 Å². The molecule has 0 aliphatic heterocycles. The monoisotopic (exact) mass is 282 g/mol. The molecule has 0 atom stereocenters. The summed E-state index contributed by atoms with van der Waals surface area (Å²) in [5.74, 6) is 1.55. The van der Waals surface area contributed by atoms with Crippen molar-refractivity contribution < 1.29 is 4.52 Å². The molecule has 0 aliphatic carbocycles. The summed E-state index contributed by atoms with van der Waals surface area (Å²) in [4.78, 5) is 8.30. The second kappa shape index (κ2) is 5.07. The second-order valence-electron chi connectivity index (χ2n) is 3.29. The number of halogens is 1. The van der Waals surface area contributed by atoms with Crippen LogP contribution in [-0.2, 0) is 6.42 Å². The molecule has 0 saturated carbocycles. The zero-order valence-electron chi connectivity index (χ0n) is 8.77. The molecule has 16 heavy (non-hydrogen) atoms. The molecule has 0 radical (unpaired) electrons. The molecule has 0 unspecified atom stereocenters. The van der Waals surface area contributed by atoms with E-state index in [-0.39, 0.29) is 0 Å². The number of anilines is 1. The summed E-state index contributed by atoms with van der Waals surface area (Å²) in [6, 6.07) is 3.90. The highest BCUT2D eigenvalue weighted by Crippen LogP contribution is 2.15. The Morgan fingerprint density at radius 1 is 1.44 bits per heavy atom. The molecule has 2 aromatic heterocycles. The number of rotatable bonds is 4. The van der Waals surface area contributed by atoms with Gasteiger partial charge in [-0.3, -0.25) is 0 Å². The summed E-state index contributed by atoms with van der Waals surface area (Å²) in [6.45, 7) is 2.68. The van der Waals surface area contributed by atoms with Crippen molar-refractivity contribution in [1.29, 1.82) is 0 Å². The molecule has 0 saturated heterocycles. The molecule has 0 amide bonds. The van der Waals surface area contributed by atoms with Crippen LogP contribution in [0.4, 0.5) is 5.82 Å². The molecule has 84 valence electrons. The van der Waals surface area contributed by atoms with Crippen molar-refractivity contribution in [3.8, 4) is 0 Å². The Balaban J connectivity index is 1.87. The van der Waals surface area contributed by atoms with Crippen LogP contribution in [-0.4, -0.2) is 21.7 Å². The predicted molar refractivity (Wildman–Crippen MR) is 63.2 cm³/mol. The van der Waals surface area contributed by atoms with Crippen molar-refractivity contribution in [2.45, 2.75) is 13.3 Å². The Morgan fingerprint density at radius 2 is 2.31 bits per heavy atom. The van der Waals surface area contributed by atoms with E-state index in [0.717, 1.165) is 22.5 Å². The van der Waals surface area contributed by atoms with Crippen LogP contribution in [0.25, 0.3) is 0 Å². The molecule has 0 fully saturated rings. The van der Waals surface area contributed by atoms with Crippen LogP contribution in [0.3, 0.4) is 0 Å². The normalized spacial score (nSPS) is 10.4. The van der Waals surface area contributed by atoms with E-state index in [2.05, 4.69) is 40.9 Å². The lowest BCUT2D eigenvalue weighted by atomic mass is 10.3. The highest BCUT2D eigenvalue weighted by Gasteiger charge is 2.00. The molecule has 0 bridgehead atoms. The summed E-state index contributed by atoms with van der Waals surface area (Å²) in [5, 5.41) is 6.92. The molecule has 2 rings (SSSR count). The summed E-state index contributed by atoms with van der Waals surface area (Å²) in [7, 11) is 0. The first-order valence-corrected chi connectivity index (χ1v) is 5.67. The number of hydrogen-bond donors (Lipinski definition) is 1. The van der Waals surface area contributed by atoms with Crippen LogP contribution >= 0.6 is 15.9 Å². The lowest BCUT2D eigenvalue weighted by Gasteiger charge is -2.05. The molecular weight excluding hydrogens is 272 g/mol. The van der Waals surface area contributed by atoms with Gasteiger partial charge in [-0.05, 0) is 35.0 Å². The Kier molecular flexibility index (Phi) is 3.51. The van der Waals surface area contributed by atoms with Crippen molar-refractivity contribution in [2.24, 2.45) is 0 Å². The first kappa shape index (κ1) is 11.1. The summed E-state index contributed by atoms with van der Waals surface area (Å²) < 4.78 is 5.65. The van der Waals surface area contributed by atoms with Gasteiger partial charge >= 0.3 is 0 Å². The van der Waals surface area contributed by atoms with Gasteiger partial charge < -0.3 is 9.84 Å². The van der Waals surface area contributed by atoms with Gasteiger partial charge in [0.1, 0.15) is 5.82 Å². The molecule has 0 aromatic carbocycles. The predicted octanol–water partition coefficient (Wildman–Crippen LogP) is 2.19. The minimum absolute atomic E-state index is 0.696. The number of pyridine rings is 1. The highest BCUT2D eigenvalue weighted by atomic mass is 79.9. The third-order valence-corrected chi connectivity index (χ3v) is 2.92. The van der Waals surface area contributed by atoms with Crippen LogP contribution < -0.4 is 5.32 Å². The van der Waals surface area contributed by atoms with E-state index in [1.807, 2.05) is 19.1 Å². The van der Waals surface area contributed by atoms with Crippen molar-refractivity contribution in [3.63, 3.8) is 0 Å². The Morgan fingerprint density at radius 3 is 3.00 bits per heavy atom. The molecular formula is C10H11BrN4O. The standard InChI is InChI=1S/C10H11BrN4O/c1-7-8(11)2-3-9(14-7)12-5-4-10-13-6-16-15-10/h2-3,6H,4-5H2,1H3,(H,12,14). The minimum atomic E-state index is 0.696. The number of hydrogen-bond acceptors (Lipinski definition) is 5. The molecule has 2 heterocycles. The van der Waals surface area contributed by atoms with E-state index in [9.17, 15) is 0 Å². The van der Waals surface area contributed by atoms with Crippen LogP contribution in [0.5, 0.6) is 0 Å². The van der Waals surface area contributed by atoms with Crippen molar-refractivity contribution in [1.82, 2.24) is 15.1 Å². The minimum Gasteiger partial charge on any atom is -0.370 e. The molecule has 0 spiro atoms. The van der Waals surface area contributed by atoms with Crippen LogP contribution in [0, 0.1) is 6.92 Å². The van der Waals surface area contributed by atoms with Gasteiger partial charge in [0.15, 0.2) is 5.82 Å². The topological polar surface area (TPSA) is 63.8 Å². The summed E-state index contributed by atoms with van der Waals surface area (Å²) >= 11 is 3.41. The van der Waals surface area contributed by atoms with Gasteiger partial charge in [-0.1, -0.05) is 5.16 Å². The van der Waals surface area contributed by atoms with Crippen molar-refractivity contribution >= 4 is 21.7 Å². The van der Waals surface area contributed by atoms with Gasteiger partial charge in [-0.2, -0.15) is 4.98 Å². The average molecular weight is 283 g/mol. The highest BCUT2D eigenvalue weighted by molar-refractivity contribution is 9.10. The maximum absolute atomic E-state index is 4.64. The zero-order chi connectivity index (χ0) is 11.4. The van der Waals surface area contributed by atoms with Gasteiger partial charge in [0.25, 0.3) is 0 Å². The Labute approximate surface area is 101 Å². The van der Waals surface area contributed by atoms with Crippen LogP contribution in [0.2, 0.25) is 0 Å². The maximum Gasteiger partial charge on any atom is 0.213 e. The molecule has 6 heteroatoms. The third kappa shape index (κ3) is 2.79. The number of aryl methyl sites for hydroxylation is 1. The fourth-order valence-electron chi connectivity index (χ4n) is 1.25. The fourth-order valence-corrected chi connectivity index (χ4v) is 1.47.